The Kier molecular flexibility index (Phi) is 3.79. The highest BCUT2D eigenvalue weighted by Crippen LogP contribution is 2.25. The van der Waals surface area contributed by atoms with Crippen molar-refractivity contribution in [1.29, 1.82) is 0 Å². The van der Waals surface area contributed by atoms with Crippen LogP contribution in [0.1, 0.15) is 5.69 Å². The first-order valence-corrected chi connectivity index (χ1v) is 8.40. The molecule has 3 aromatic heterocycles. The number of amides is 2. The maximum absolute atomic E-state index is 12.0. The molecule has 0 saturated heterocycles. The lowest BCUT2D eigenvalue weighted by atomic mass is 10.3. The Balaban J connectivity index is 1.41. The van der Waals surface area contributed by atoms with Crippen LogP contribution in [0.15, 0.2) is 48.8 Å². The van der Waals surface area contributed by atoms with Crippen molar-refractivity contribution in [1.82, 2.24) is 19.7 Å². The predicted octanol–water partition coefficient (Wildman–Crippen LogP) is 3.92. The van der Waals surface area contributed by atoms with Crippen molar-refractivity contribution in [3.05, 3.63) is 59.5 Å². The fraction of sp³-hybridized carbons (Fsp3) is 0.0625. The molecule has 0 unspecified atom stereocenters. The number of hydrogen-bond donors (Lipinski definition) is 2. The summed E-state index contributed by atoms with van der Waals surface area (Å²) < 4.78 is 2.86. The van der Waals surface area contributed by atoms with Gasteiger partial charge in [-0.05, 0) is 24.3 Å². The molecule has 0 spiro atoms. The molecule has 8 heteroatoms. The maximum Gasteiger partial charge on any atom is 0.321 e. The molecule has 0 fully saturated rings. The van der Waals surface area contributed by atoms with Gasteiger partial charge in [0, 0.05) is 12.4 Å². The molecule has 6 nitrogen and oxygen atoms in total. The van der Waals surface area contributed by atoms with E-state index in [0.717, 1.165) is 21.6 Å². The summed E-state index contributed by atoms with van der Waals surface area (Å²) in [6, 6.07) is 11.0. The summed E-state index contributed by atoms with van der Waals surface area (Å²) in [6.45, 7) is 0.316. The van der Waals surface area contributed by atoms with E-state index in [1.165, 1.54) is 11.3 Å². The normalized spacial score (nSPS) is 11.0. The Hall–Kier alpha value is -2.64. The van der Waals surface area contributed by atoms with Crippen molar-refractivity contribution in [3.8, 4) is 0 Å². The number of thiazole rings is 1. The molecule has 0 atom stereocenters. The van der Waals surface area contributed by atoms with E-state index < -0.39 is 0 Å². The first-order chi connectivity index (χ1) is 11.7. The van der Waals surface area contributed by atoms with E-state index in [0.29, 0.717) is 16.7 Å². The number of urea groups is 1. The number of fused-ring (bicyclic) bond motifs is 2. The molecule has 4 aromatic rings. The molecule has 0 aliphatic heterocycles. The predicted molar refractivity (Wildman–Crippen MR) is 95.7 cm³/mol. The van der Waals surface area contributed by atoms with Crippen LogP contribution in [0.5, 0.6) is 0 Å². The Bertz CT molecular complexity index is 1010. The number of carbonyl (C=O) groups excluding carboxylic acids is 1. The van der Waals surface area contributed by atoms with Crippen LogP contribution in [0.25, 0.3) is 15.9 Å². The SMILES string of the molecule is O=C(NCc1cn2cc(Cl)ccc2n1)Nc1nc2ccccc2s1. The van der Waals surface area contributed by atoms with Crippen molar-refractivity contribution in [3.63, 3.8) is 0 Å². The summed E-state index contributed by atoms with van der Waals surface area (Å²) in [5.74, 6) is 0. The third-order valence-corrected chi connectivity index (χ3v) is 4.58. The molecule has 120 valence electrons. The number of para-hydroxylation sites is 1. The molecule has 0 saturated carbocycles. The molecule has 0 bridgehead atoms. The standard InChI is InChI=1S/C16H12ClN5OS/c17-10-5-6-14-19-11(9-22(14)8-10)7-18-15(23)21-16-20-12-3-1-2-4-13(12)24-16/h1-6,8-9H,7H2,(H2,18,20,21,23). The average molecular weight is 358 g/mol. The second-order valence-electron chi connectivity index (χ2n) is 5.14. The molecule has 24 heavy (non-hydrogen) atoms. The number of rotatable bonds is 3. The fourth-order valence-electron chi connectivity index (χ4n) is 2.34. The largest absolute Gasteiger partial charge is 0.332 e. The van der Waals surface area contributed by atoms with Gasteiger partial charge in [0.25, 0.3) is 0 Å². The molecular formula is C16H12ClN5OS. The van der Waals surface area contributed by atoms with E-state index in [2.05, 4.69) is 20.6 Å². The second-order valence-corrected chi connectivity index (χ2v) is 6.61. The van der Waals surface area contributed by atoms with E-state index in [1.54, 1.807) is 12.3 Å². The Labute approximate surface area is 146 Å². The van der Waals surface area contributed by atoms with Gasteiger partial charge in [-0.25, -0.2) is 14.8 Å². The van der Waals surface area contributed by atoms with Crippen molar-refractivity contribution >= 4 is 50.0 Å². The monoisotopic (exact) mass is 357 g/mol. The summed E-state index contributed by atoms with van der Waals surface area (Å²) in [7, 11) is 0. The molecule has 4 rings (SSSR count). The highest BCUT2D eigenvalue weighted by Gasteiger charge is 2.08. The maximum atomic E-state index is 12.0. The third-order valence-electron chi connectivity index (χ3n) is 3.41. The zero-order valence-corrected chi connectivity index (χ0v) is 13.9. The lowest BCUT2D eigenvalue weighted by Crippen LogP contribution is -2.28. The summed E-state index contributed by atoms with van der Waals surface area (Å²) in [4.78, 5) is 20.8. The lowest BCUT2D eigenvalue weighted by Gasteiger charge is -2.02. The quantitative estimate of drug-likeness (QED) is 0.583. The minimum absolute atomic E-state index is 0.316. The molecule has 1 aromatic carbocycles. The molecule has 2 amide bonds. The average Bonchev–Trinajstić information content (AvgIpc) is 3.15. The Morgan fingerprint density at radius 3 is 2.92 bits per heavy atom. The minimum Gasteiger partial charge on any atom is -0.332 e. The summed E-state index contributed by atoms with van der Waals surface area (Å²) in [5.41, 5.74) is 2.40. The Morgan fingerprint density at radius 1 is 1.17 bits per heavy atom. The molecule has 3 heterocycles. The highest BCUT2D eigenvalue weighted by atomic mass is 35.5. The number of halogens is 1. The molecule has 0 aliphatic carbocycles. The number of aromatic nitrogens is 3. The van der Waals surface area contributed by atoms with E-state index >= 15 is 0 Å². The van der Waals surface area contributed by atoms with Gasteiger partial charge in [-0.1, -0.05) is 35.1 Å². The summed E-state index contributed by atoms with van der Waals surface area (Å²) in [6.07, 6.45) is 3.60. The first-order valence-electron chi connectivity index (χ1n) is 7.21. The first kappa shape index (κ1) is 14.9. The number of pyridine rings is 1. The van der Waals surface area contributed by atoms with Gasteiger partial charge in [0.1, 0.15) is 5.65 Å². The molecule has 0 radical (unpaired) electrons. The fourth-order valence-corrected chi connectivity index (χ4v) is 3.37. The van der Waals surface area contributed by atoms with Crippen molar-refractivity contribution in [2.75, 3.05) is 5.32 Å². The number of nitrogens with one attached hydrogen (secondary N) is 2. The topological polar surface area (TPSA) is 71.3 Å². The van der Waals surface area contributed by atoms with E-state index in [-0.39, 0.29) is 6.03 Å². The molecular weight excluding hydrogens is 346 g/mol. The van der Waals surface area contributed by atoms with Crippen LogP contribution in [-0.4, -0.2) is 20.4 Å². The number of carbonyl (C=O) groups is 1. The summed E-state index contributed by atoms with van der Waals surface area (Å²) in [5, 5.41) is 6.72. The Morgan fingerprint density at radius 2 is 2.04 bits per heavy atom. The number of anilines is 1. The van der Waals surface area contributed by atoms with E-state index in [9.17, 15) is 4.79 Å². The lowest BCUT2D eigenvalue weighted by molar-refractivity contribution is 0.251. The van der Waals surface area contributed by atoms with Crippen molar-refractivity contribution in [2.24, 2.45) is 0 Å². The molecule has 2 N–H and O–H groups in total. The van der Waals surface area contributed by atoms with Gasteiger partial charge in [-0.15, -0.1) is 0 Å². The van der Waals surface area contributed by atoms with Gasteiger partial charge in [0.15, 0.2) is 5.13 Å². The van der Waals surface area contributed by atoms with Gasteiger partial charge >= 0.3 is 6.03 Å². The molecule has 0 aliphatic rings. The number of nitrogens with zero attached hydrogens (tertiary/aromatic N) is 3. The van der Waals surface area contributed by atoms with Crippen molar-refractivity contribution < 1.29 is 4.79 Å². The summed E-state index contributed by atoms with van der Waals surface area (Å²) >= 11 is 7.38. The zero-order chi connectivity index (χ0) is 16.5. The van der Waals surface area contributed by atoms with Crippen LogP contribution in [0, 0.1) is 0 Å². The third kappa shape index (κ3) is 3.04. The minimum atomic E-state index is -0.316. The van der Waals surface area contributed by atoms with Gasteiger partial charge in [-0.2, -0.15) is 0 Å². The number of imidazole rings is 1. The van der Waals surface area contributed by atoms with Crippen LogP contribution in [0.3, 0.4) is 0 Å². The van der Waals surface area contributed by atoms with Crippen LogP contribution in [-0.2, 0) is 6.54 Å². The van der Waals surface area contributed by atoms with Crippen LogP contribution < -0.4 is 10.6 Å². The van der Waals surface area contributed by atoms with Crippen LogP contribution in [0.4, 0.5) is 9.93 Å². The van der Waals surface area contributed by atoms with E-state index in [1.807, 2.05) is 40.9 Å². The van der Waals surface area contributed by atoms with Crippen LogP contribution >= 0.6 is 22.9 Å². The van der Waals surface area contributed by atoms with Gasteiger partial charge in [-0.3, -0.25) is 5.32 Å². The smallest absolute Gasteiger partial charge is 0.321 e. The van der Waals surface area contributed by atoms with Gasteiger partial charge in [0.05, 0.1) is 27.5 Å². The second kappa shape index (κ2) is 6.10. The van der Waals surface area contributed by atoms with Crippen LogP contribution in [0.2, 0.25) is 5.02 Å². The van der Waals surface area contributed by atoms with Crippen molar-refractivity contribution in [2.45, 2.75) is 6.54 Å². The van der Waals surface area contributed by atoms with Gasteiger partial charge < -0.3 is 9.72 Å². The number of benzene rings is 1. The number of hydrogen-bond acceptors (Lipinski definition) is 4. The van der Waals surface area contributed by atoms with E-state index in [4.69, 9.17) is 11.6 Å². The zero-order valence-electron chi connectivity index (χ0n) is 12.4. The highest BCUT2D eigenvalue weighted by molar-refractivity contribution is 7.22. The van der Waals surface area contributed by atoms with Gasteiger partial charge in [0.2, 0.25) is 0 Å².